The summed E-state index contributed by atoms with van der Waals surface area (Å²) in [4.78, 5) is 50.2. The second-order valence-corrected chi connectivity index (χ2v) is 8.18. The molecule has 0 bridgehead atoms. The molecule has 4 amide bonds. The van der Waals surface area contributed by atoms with Crippen LogP contribution < -0.4 is 10.2 Å². The molecule has 166 valence electrons. The zero-order valence-corrected chi connectivity index (χ0v) is 16.8. The fourth-order valence-electron chi connectivity index (χ4n) is 3.44. The van der Waals surface area contributed by atoms with Gasteiger partial charge in [0.1, 0.15) is 11.9 Å². The van der Waals surface area contributed by atoms with Gasteiger partial charge in [-0.15, -0.1) is 0 Å². The lowest BCUT2D eigenvalue weighted by Crippen LogP contribution is -2.54. The highest BCUT2D eigenvalue weighted by Crippen LogP contribution is 2.36. The molecular formula is C21H24F2N4O4. The number of halogens is 2. The summed E-state index contributed by atoms with van der Waals surface area (Å²) in [5, 5.41) is 1.92. The Morgan fingerprint density at radius 3 is 2.23 bits per heavy atom. The van der Waals surface area contributed by atoms with Crippen LogP contribution in [0.2, 0.25) is 0 Å². The van der Waals surface area contributed by atoms with Gasteiger partial charge in [-0.25, -0.2) is 8.78 Å². The lowest BCUT2D eigenvalue weighted by atomic mass is 10.0. The van der Waals surface area contributed by atoms with Crippen LogP contribution in [-0.4, -0.2) is 71.0 Å². The first kappa shape index (κ1) is 13.5. The number of imide groups is 2. The van der Waals surface area contributed by atoms with E-state index in [4.69, 9.17) is 11.0 Å². The molecule has 3 heterocycles. The molecule has 0 radical (unpaired) electrons. The smallest absolute Gasteiger partial charge is 0.265 e. The average Bonchev–Trinajstić information content (AvgIpc) is 3.00. The van der Waals surface area contributed by atoms with Gasteiger partial charge in [-0.3, -0.25) is 34.3 Å². The third-order valence-electron chi connectivity index (χ3n) is 5.04. The Labute approximate surface area is 189 Å². The number of fused-ring (bicyclic) bond motifs is 1. The van der Waals surface area contributed by atoms with E-state index in [9.17, 15) is 19.2 Å². The Morgan fingerprint density at radius 1 is 1.03 bits per heavy atom. The molecule has 0 unspecified atom stereocenters. The van der Waals surface area contributed by atoms with Crippen LogP contribution in [0, 0.1) is 11.6 Å². The molecular weight excluding hydrogens is 410 g/mol. The second-order valence-electron chi connectivity index (χ2n) is 8.18. The number of nitrogens with one attached hydrogen (secondary N) is 1. The van der Waals surface area contributed by atoms with Crippen LogP contribution in [0.25, 0.3) is 0 Å². The van der Waals surface area contributed by atoms with E-state index in [-0.39, 0.29) is 28.7 Å². The van der Waals surface area contributed by atoms with Gasteiger partial charge in [0.15, 0.2) is 5.82 Å². The molecule has 3 aliphatic rings. The molecule has 4 rings (SSSR count). The number of amides is 4. The number of nitrogens with zero attached hydrogens (tertiary/aromatic N) is 3. The molecule has 2 saturated heterocycles. The Morgan fingerprint density at radius 2 is 1.65 bits per heavy atom. The van der Waals surface area contributed by atoms with Crippen LogP contribution in [0.3, 0.4) is 0 Å². The zero-order chi connectivity index (χ0) is 29.8. The monoisotopic (exact) mass is 442 g/mol. The molecule has 31 heavy (non-hydrogen) atoms. The third kappa shape index (κ3) is 3.48. The fraction of sp³-hybridized carbons (Fsp3) is 0.524. The highest BCUT2D eigenvalue weighted by molar-refractivity contribution is 6.24. The van der Waals surface area contributed by atoms with Crippen molar-refractivity contribution in [3.8, 4) is 0 Å². The predicted molar refractivity (Wildman–Crippen MR) is 107 cm³/mol. The summed E-state index contributed by atoms with van der Waals surface area (Å²) in [5.41, 5.74) is -5.24. The molecule has 3 aliphatic heterocycles. The summed E-state index contributed by atoms with van der Waals surface area (Å²) >= 11 is 0. The first-order valence-corrected chi connectivity index (χ1v) is 9.37. The molecule has 1 atom stereocenters. The van der Waals surface area contributed by atoms with Crippen LogP contribution in [0.1, 0.15) is 65.3 Å². The molecule has 8 nitrogen and oxygen atoms in total. The molecule has 10 heteroatoms. The van der Waals surface area contributed by atoms with Crippen molar-refractivity contribution in [2.75, 3.05) is 30.9 Å². The van der Waals surface area contributed by atoms with E-state index in [1.54, 1.807) is 0 Å². The second kappa shape index (κ2) is 7.37. The Balaban J connectivity index is 1.92. The van der Waals surface area contributed by atoms with Gasteiger partial charge in [-0.1, -0.05) is 0 Å². The van der Waals surface area contributed by atoms with E-state index in [2.05, 4.69) is 0 Å². The lowest BCUT2D eigenvalue weighted by molar-refractivity contribution is -0.136. The summed E-state index contributed by atoms with van der Waals surface area (Å²) in [7, 11) is 0. The van der Waals surface area contributed by atoms with E-state index in [1.807, 2.05) is 5.32 Å². The molecule has 1 aromatic carbocycles. The molecule has 0 aromatic heterocycles. The molecule has 1 N–H and O–H groups in total. The minimum absolute atomic E-state index is 0.182. The Hall–Kier alpha value is -2.88. The molecule has 0 spiro atoms. The molecule has 1 aromatic rings. The average molecular weight is 442 g/mol. The van der Waals surface area contributed by atoms with Crippen molar-refractivity contribution in [2.45, 2.75) is 45.2 Å². The quantitative estimate of drug-likeness (QED) is 0.695. The van der Waals surface area contributed by atoms with E-state index < -0.39 is 89.6 Å². The van der Waals surface area contributed by atoms with Crippen LogP contribution in [0.4, 0.5) is 14.5 Å². The summed E-state index contributed by atoms with van der Waals surface area (Å²) in [6.45, 7) is -9.94. The van der Waals surface area contributed by atoms with Crippen LogP contribution >= 0.6 is 0 Å². The van der Waals surface area contributed by atoms with Crippen molar-refractivity contribution in [3.05, 3.63) is 28.8 Å². The van der Waals surface area contributed by atoms with Gasteiger partial charge < -0.3 is 4.90 Å². The van der Waals surface area contributed by atoms with E-state index in [1.165, 1.54) is 20.8 Å². The highest BCUT2D eigenvalue weighted by atomic mass is 19.1. The Kier molecular flexibility index (Phi) is 3.21. The van der Waals surface area contributed by atoms with Gasteiger partial charge in [0.25, 0.3) is 11.8 Å². The van der Waals surface area contributed by atoms with Gasteiger partial charge in [0, 0.05) is 49.5 Å². The van der Waals surface area contributed by atoms with E-state index in [0.29, 0.717) is 4.90 Å². The van der Waals surface area contributed by atoms with Gasteiger partial charge in [-0.2, -0.15) is 0 Å². The minimum atomic E-state index is -3.58. The van der Waals surface area contributed by atoms with Crippen molar-refractivity contribution in [1.82, 2.24) is 15.1 Å². The third-order valence-corrected chi connectivity index (χ3v) is 5.04. The van der Waals surface area contributed by atoms with E-state index in [0.717, 1.165) is 0 Å². The first-order chi connectivity index (χ1) is 17.5. The lowest BCUT2D eigenvalue weighted by Gasteiger charge is -2.43. The van der Waals surface area contributed by atoms with Gasteiger partial charge in [0.05, 0.1) is 22.3 Å². The predicted octanol–water partition coefficient (Wildman–Crippen LogP) is 1.29. The maximum absolute atomic E-state index is 16.0. The molecule has 0 aliphatic carbocycles. The largest absolute Gasteiger partial charge is 0.366 e. The SMILES string of the molecule is [2H]C1([2H])N(c2cc(F)c3c(c2F)C(=O)N([C@@H]2CCC(=O)NC2=O)C3=O)C([2H])([2H])C([2H])([2H])N(C(C)(C)C)C1([2H])[2H]. The molecule has 0 saturated carbocycles. The van der Waals surface area contributed by atoms with Gasteiger partial charge in [-0.05, 0) is 27.2 Å². The number of carbonyl (C=O) groups is 4. The van der Waals surface area contributed by atoms with Crippen LogP contribution in [0.5, 0.6) is 0 Å². The van der Waals surface area contributed by atoms with Gasteiger partial charge >= 0.3 is 0 Å². The van der Waals surface area contributed by atoms with Crippen molar-refractivity contribution in [2.24, 2.45) is 0 Å². The summed E-state index contributed by atoms with van der Waals surface area (Å²) in [6, 6.07) is -1.41. The number of hydrogen-bond donors (Lipinski definition) is 1. The topological polar surface area (TPSA) is 90.0 Å². The fourth-order valence-corrected chi connectivity index (χ4v) is 3.44. The van der Waals surface area contributed by atoms with Gasteiger partial charge in [0.2, 0.25) is 11.8 Å². The summed E-state index contributed by atoms with van der Waals surface area (Å²) in [5.74, 6) is -8.10. The summed E-state index contributed by atoms with van der Waals surface area (Å²) < 4.78 is 99.2. The Bertz CT molecular complexity index is 1310. The number of benzene rings is 1. The van der Waals surface area contributed by atoms with Crippen molar-refractivity contribution in [3.63, 3.8) is 0 Å². The van der Waals surface area contributed by atoms with Crippen molar-refractivity contribution < 1.29 is 38.9 Å². The van der Waals surface area contributed by atoms with Crippen LogP contribution in [0.15, 0.2) is 6.07 Å². The number of anilines is 1. The minimum Gasteiger partial charge on any atom is -0.366 e. The number of hydrogen-bond acceptors (Lipinski definition) is 6. The maximum atomic E-state index is 16.0. The molecule has 2 fully saturated rings. The highest BCUT2D eigenvalue weighted by Gasteiger charge is 2.48. The number of piperidine rings is 1. The normalized spacial score (nSPS) is 33.1. The number of rotatable bonds is 2. The standard InChI is InChI=1S/C21H24F2N4O4/c1-21(2,3)26-8-6-25(7-9-26)13-10-11(22)15-16(17(13)23)20(31)27(19(15)30)12-4-5-14(28)24-18(12)29/h10,12H,4-9H2,1-3H3,(H,24,28,29)/t12-/m1/s1/i6D2,7D2,8D2,9D2. The summed E-state index contributed by atoms with van der Waals surface area (Å²) in [6.07, 6.45) is -0.602. The number of carbonyl (C=O) groups excluding carboxylic acids is 4. The van der Waals surface area contributed by atoms with Crippen molar-refractivity contribution >= 4 is 29.3 Å². The maximum Gasteiger partial charge on any atom is 0.265 e. The van der Waals surface area contributed by atoms with E-state index >= 15 is 8.78 Å². The zero-order valence-electron chi connectivity index (χ0n) is 24.8. The first-order valence-electron chi connectivity index (χ1n) is 13.4. The van der Waals surface area contributed by atoms with Crippen LogP contribution in [-0.2, 0) is 9.59 Å². The van der Waals surface area contributed by atoms with Crippen molar-refractivity contribution in [1.29, 1.82) is 0 Å². The number of piperazine rings is 1.